The maximum Gasteiger partial charge on any atom is 0.257 e. The van der Waals surface area contributed by atoms with Crippen LogP contribution in [0.15, 0.2) is 24.5 Å². The molecular formula is C8H12N4O. The van der Waals surface area contributed by atoms with Gasteiger partial charge in [0.05, 0.1) is 0 Å². The molecular weight excluding hydrogens is 168 g/mol. The number of aromatic nitrogens is 1. The van der Waals surface area contributed by atoms with Gasteiger partial charge in [-0.05, 0) is 17.7 Å². The molecule has 0 aromatic carbocycles. The van der Waals surface area contributed by atoms with Crippen LogP contribution in [0.3, 0.4) is 0 Å². The Kier molecular flexibility index (Phi) is 2.94. The molecule has 1 rings (SSSR count). The molecule has 4 N–H and O–H groups in total. The summed E-state index contributed by atoms with van der Waals surface area (Å²) in [5.41, 5.74) is 6.35. The number of hydrazine groups is 1. The number of hydrogen-bond donors (Lipinski definition) is 2. The number of rotatable bonds is 2. The van der Waals surface area contributed by atoms with Crippen LogP contribution in [0, 0.1) is 0 Å². The molecule has 0 bridgehead atoms. The van der Waals surface area contributed by atoms with E-state index in [9.17, 15) is 4.79 Å². The smallest absolute Gasteiger partial charge is 0.257 e. The molecule has 0 spiro atoms. The van der Waals surface area contributed by atoms with Crippen molar-refractivity contribution in [1.29, 1.82) is 0 Å². The van der Waals surface area contributed by atoms with Crippen LogP contribution in [-0.2, 0) is 4.79 Å². The Hall–Kier alpha value is -1.46. The van der Waals surface area contributed by atoms with Gasteiger partial charge in [-0.15, -0.1) is 0 Å². The van der Waals surface area contributed by atoms with E-state index in [0.29, 0.717) is 5.56 Å². The molecule has 1 aromatic heterocycles. The highest BCUT2D eigenvalue weighted by molar-refractivity contribution is 5.82. The van der Waals surface area contributed by atoms with Crippen molar-refractivity contribution in [2.45, 2.75) is 6.04 Å². The second-order valence-corrected chi connectivity index (χ2v) is 2.71. The molecule has 13 heavy (non-hydrogen) atoms. The number of carbonyl (C=O) groups is 1. The van der Waals surface area contributed by atoms with E-state index in [0.717, 1.165) is 5.01 Å². The fourth-order valence-electron chi connectivity index (χ4n) is 0.933. The molecule has 0 aliphatic rings. The molecule has 0 radical (unpaired) electrons. The molecule has 0 fully saturated rings. The predicted molar refractivity (Wildman–Crippen MR) is 48.1 cm³/mol. The summed E-state index contributed by atoms with van der Waals surface area (Å²) in [7, 11) is 1.46. The molecule has 1 atom stereocenters. The van der Waals surface area contributed by atoms with E-state index >= 15 is 0 Å². The highest BCUT2D eigenvalue weighted by Crippen LogP contribution is 2.09. The van der Waals surface area contributed by atoms with E-state index in [4.69, 9.17) is 11.6 Å². The molecule has 5 heteroatoms. The van der Waals surface area contributed by atoms with Gasteiger partial charge in [0.1, 0.15) is 6.04 Å². The van der Waals surface area contributed by atoms with E-state index in [1.54, 1.807) is 24.5 Å². The molecule has 70 valence electrons. The van der Waals surface area contributed by atoms with Crippen LogP contribution < -0.4 is 11.6 Å². The van der Waals surface area contributed by atoms with E-state index < -0.39 is 6.04 Å². The second kappa shape index (κ2) is 3.97. The molecule has 0 aliphatic heterocycles. The number of amides is 1. The molecule has 1 aromatic rings. The Balaban J connectivity index is 2.80. The van der Waals surface area contributed by atoms with Gasteiger partial charge in [0.25, 0.3) is 5.91 Å². The van der Waals surface area contributed by atoms with Gasteiger partial charge >= 0.3 is 0 Å². The minimum atomic E-state index is -0.710. The second-order valence-electron chi connectivity index (χ2n) is 2.71. The van der Waals surface area contributed by atoms with E-state index in [1.807, 2.05) is 0 Å². The Morgan fingerprint density at radius 2 is 2.08 bits per heavy atom. The summed E-state index contributed by atoms with van der Waals surface area (Å²) in [5, 5.41) is 0.977. The lowest BCUT2D eigenvalue weighted by atomic mass is 10.1. The SMILES string of the molecule is CN(N)C(=O)C(N)c1ccncc1. The summed E-state index contributed by atoms with van der Waals surface area (Å²) in [4.78, 5) is 15.1. The van der Waals surface area contributed by atoms with Crippen molar-refractivity contribution in [1.82, 2.24) is 9.99 Å². The first kappa shape index (κ1) is 9.63. The molecule has 0 saturated carbocycles. The third-order valence-electron chi connectivity index (χ3n) is 1.68. The normalized spacial score (nSPS) is 12.2. The molecule has 1 amide bonds. The third-order valence-corrected chi connectivity index (χ3v) is 1.68. The summed E-state index contributed by atoms with van der Waals surface area (Å²) in [5.74, 6) is 4.93. The van der Waals surface area contributed by atoms with Gasteiger partial charge in [0.2, 0.25) is 0 Å². The first-order valence-electron chi connectivity index (χ1n) is 3.80. The average Bonchev–Trinajstić information content (AvgIpc) is 2.17. The Morgan fingerprint density at radius 1 is 1.54 bits per heavy atom. The fourth-order valence-corrected chi connectivity index (χ4v) is 0.933. The van der Waals surface area contributed by atoms with Crippen molar-refractivity contribution >= 4 is 5.91 Å². The summed E-state index contributed by atoms with van der Waals surface area (Å²) < 4.78 is 0. The maximum absolute atomic E-state index is 11.3. The molecule has 5 nitrogen and oxygen atoms in total. The average molecular weight is 180 g/mol. The first-order valence-corrected chi connectivity index (χ1v) is 3.80. The van der Waals surface area contributed by atoms with Crippen molar-refractivity contribution in [2.75, 3.05) is 7.05 Å². The van der Waals surface area contributed by atoms with Crippen molar-refractivity contribution in [2.24, 2.45) is 11.6 Å². The topological polar surface area (TPSA) is 85.2 Å². The zero-order chi connectivity index (χ0) is 9.84. The summed E-state index contributed by atoms with van der Waals surface area (Å²) >= 11 is 0. The fraction of sp³-hybridized carbons (Fsp3) is 0.250. The van der Waals surface area contributed by atoms with Crippen molar-refractivity contribution in [3.8, 4) is 0 Å². The molecule has 1 heterocycles. The van der Waals surface area contributed by atoms with Gasteiger partial charge in [-0.1, -0.05) is 0 Å². The lowest BCUT2D eigenvalue weighted by molar-refractivity contribution is -0.131. The Labute approximate surface area is 76.3 Å². The predicted octanol–water partition coefficient (Wildman–Crippen LogP) is -0.586. The molecule has 0 saturated heterocycles. The minimum absolute atomic E-state index is 0.328. The Bertz CT molecular complexity index is 285. The number of nitrogens with two attached hydrogens (primary N) is 2. The van der Waals surface area contributed by atoms with Gasteiger partial charge in [0.15, 0.2) is 0 Å². The van der Waals surface area contributed by atoms with Crippen LogP contribution in [0.2, 0.25) is 0 Å². The summed E-state index contributed by atoms with van der Waals surface area (Å²) in [6.45, 7) is 0. The van der Waals surface area contributed by atoms with Gasteiger partial charge in [0, 0.05) is 19.4 Å². The molecule has 0 aliphatic carbocycles. The number of carbonyl (C=O) groups excluding carboxylic acids is 1. The van der Waals surface area contributed by atoms with Gasteiger partial charge in [-0.3, -0.25) is 14.8 Å². The molecule has 1 unspecified atom stereocenters. The largest absolute Gasteiger partial charge is 0.316 e. The van der Waals surface area contributed by atoms with Crippen LogP contribution in [0.4, 0.5) is 0 Å². The van der Waals surface area contributed by atoms with Crippen LogP contribution >= 0.6 is 0 Å². The van der Waals surface area contributed by atoms with Crippen LogP contribution in [-0.4, -0.2) is 22.9 Å². The van der Waals surface area contributed by atoms with Crippen LogP contribution in [0.25, 0.3) is 0 Å². The van der Waals surface area contributed by atoms with E-state index in [2.05, 4.69) is 4.98 Å². The minimum Gasteiger partial charge on any atom is -0.316 e. The number of pyridine rings is 1. The van der Waals surface area contributed by atoms with E-state index in [-0.39, 0.29) is 5.91 Å². The number of nitrogens with zero attached hydrogens (tertiary/aromatic N) is 2. The monoisotopic (exact) mass is 180 g/mol. The highest BCUT2D eigenvalue weighted by atomic mass is 16.2. The van der Waals surface area contributed by atoms with Crippen LogP contribution in [0.1, 0.15) is 11.6 Å². The van der Waals surface area contributed by atoms with E-state index in [1.165, 1.54) is 7.05 Å². The maximum atomic E-state index is 11.3. The first-order chi connectivity index (χ1) is 6.13. The number of likely N-dealkylation sites (N-methyl/N-ethyl adjacent to an activating group) is 1. The van der Waals surface area contributed by atoms with Gasteiger partial charge < -0.3 is 5.73 Å². The quantitative estimate of drug-likeness (QED) is 0.362. The summed E-state index contributed by atoms with van der Waals surface area (Å²) in [6.07, 6.45) is 3.16. The summed E-state index contributed by atoms with van der Waals surface area (Å²) in [6, 6.07) is 2.66. The zero-order valence-electron chi connectivity index (χ0n) is 7.34. The number of hydrogen-bond acceptors (Lipinski definition) is 4. The van der Waals surface area contributed by atoms with Crippen LogP contribution in [0.5, 0.6) is 0 Å². The van der Waals surface area contributed by atoms with Crippen molar-refractivity contribution in [3.63, 3.8) is 0 Å². The Morgan fingerprint density at radius 3 is 2.54 bits per heavy atom. The van der Waals surface area contributed by atoms with Crippen molar-refractivity contribution < 1.29 is 4.79 Å². The highest BCUT2D eigenvalue weighted by Gasteiger charge is 2.17. The lowest BCUT2D eigenvalue weighted by Gasteiger charge is -2.15. The van der Waals surface area contributed by atoms with Crippen molar-refractivity contribution in [3.05, 3.63) is 30.1 Å². The van der Waals surface area contributed by atoms with Gasteiger partial charge in [-0.25, -0.2) is 5.84 Å². The standard InChI is InChI=1S/C8H12N4O/c1-12(10)8(13)7(9)6-2-4-11-5-3-6/h2-5,7H,9-10H2,1H3. The lowest BCUT2D eigenvalue weighted by Crippen LogP contribution is -2.40. The zero-order valence-corrected chi connectivity index (χ0v) is 7.34. The van der Waals surface area contributed by atoms with Gasteiger partial charge in [-0.2, -0.15) is 0 Å². The third kappa shape index (κ3) is 2.24.